The quantitative estimate of drug-likeness (QED) is 0.193. The lowest BCUT2D eigenvalue weighted by molar-refractivity contribution is -0.137. The Morgan fingerprint density at radius 1 is 0.800 bits per heavy atom. The Kier molecular flexibility index (Phi) is 8.81. The maximum Gasteiger partial charge on any atom is 0.303 e. The molecular weight excluding hydrogens is 324 g/mol. The lowest BCUT2D eigenvalue weighted by Crippen LogP contribution is -2.00. The average Bonchev–Trinajstić information content (AvgIpc) is 2.57. The molecule has 0 heterocycles. The average molecular weight is 352 g/mol. The summed E-state index contributed by atoms with van der Waals surface area (Å²) in [7, 11) is 0. The number of aliphatic carboxylic acids is 1. The summed E-state index contributed by atoms with van der Waals surface area (Å²) in [5.41, 5.74) is 0.108. The van der Waals surface area contributed by atoms with E-state index in [9.17, 15) is 24.9 Å². The number of hydrogen-bond donors (Lipinski definition) is 4. The molecule has 0 atom stereocenters. The summed E-state index contributed by atoms with van der Waals surface area (Å²) >= 11 is 0. The molecule has 0 aliphatic rings. The fourth-order valence-corrected chi connectivity index (χ4v) is 2.71. The van der Waals surface area contributed by atoms with E-state index in [0.717, 1.165) is 44.9 Å². The van der Waals surface area contributed by atoms with Crippen molar-refractivity contribution in [2.45, 2.75) is 71.1 Å². The van der Waals surface area contributed by atoms with Gasteiger partial charge in [-0.1, -0.05) is 38.5 Å². The molecule has 1 aromatic rings. The third kappa shape index (κ3) is 7.03. The van der Waals surface area contributed by atoms with Crippen molar-refractivity contribution in [3.05, 3.63) is 17.2 Å². The lowest BCUT2D eigenvalue weighted by Gasteiger charge is -2.09. The van der Waals surface area contributed by atoms with Crippen LogP contribution in [0.1, 0.15) is 80.1 Å². The number of phenolic OH excluding ortho intramolecular Hbond substituents is 3. The highest BCUT2D eigenvalue weighted by molar-refractivity contribution is 6.00. The molecule has 0 saturated heterocycles. The number of rotatable bonds is 12. The van der Waals surface area contributed by atoms with Crippen LogP contribution >= 0.6 is 0 Å². The van der Waals surface area contributed by atoms with Gasteiger partial charge in [-0.25, -0.2) is 0 Å². The molecule has 0 aliphatic heterocycles. The molecule has 0 amide bonds. The van der Waals surface area contributed by atoms with Crippen LogP contribution in [0.4, 0.5) is 0 Å². The summed E-state index contributed by atoms with van der Waals surface area (Å²) in [6, 6.07) is 1.20. The molecule has 0 aliphatic carbocycles. The van der Waals surface area contributed by atoms with Gasteiger partial charge in [0.25, 0.3) is 0 Å². The van der Waals surface area contributed by atoms with Gasteiger partial charge in [-0.15, -0.1) is 0 Å². The highest BCUT2D eigenvalue weighted by atomic mass is 16.4. The summed E-state index contributed by atoms with van der Waals surface area (Å²) in [5, 5.41) is 37.7. The van der Waals surface area contributed by atoms with Gasteiger partial charge in [0.15, 0.2) is 17.3 Å². The van der Waals surface area contributed by atoms with Gasteiger partial charge >= 0.3 is 5.97 Å². The first-order valence-electron chi connectivity index (χ1n) is 8.84. The molecular formula is C19H28O6. The standard InChI is InChI=1S/C19H28O6/c1-13-16(21)12-14(19(25)18(13)24)15(20)10-8-6-4-2-3-5-7-9-11-17(22)23/h12,21,24-25H,2-11H2,1H3,(H,22,23). The van der Waals surface area contributed by atoms with Crippen LogP contribution in [0.15, 0.2) is 6.07 Å². The summed E-state index contributed by atoms with van der Waals surface area (Å²) in [6.07, 6.45) is 7.89. The number of phenols is 3. The number of carbonyl (C=O) groups is 2. The van der Waals surface area contributed by atoms with Gasteiger partial charge in [-0.3, -0.25) is 9.59 Å². The van der Waals surface area contributed by atoms with E-state index in [2.05, 4.69) is 0 Å². The maximum atomic E-state index is 12.1. The van der Waals surface area contributed by atoms with E-state index < -0.39 is 17.5 Å². The Morgan fingerprint density at radius 3 is 1.80 bits per heavy atom. The zero-order valence-electron chi connectivity index (χ0n) is 14.8. The molecule has 1 rings (SSSR count). The van der Waals surface area contributed by atoms with Crippen LogP contribution in [0.2, 0.25) is 0 Å². The van der Waals surface area contributed by atoms with Crippen LogP contribution in [-0.4, -0.2) is 32.2 Å². The van der Waals surface area contributed by atoms with Crippen LogP contribution in [0.5, 0.6) is 17.2 Å². The minimum atomic E-state index is -0.745. The maximum absolute atomic E-state index is 12.1. The second-order valence-electron chi connectivity index (χ2n) is 6.41. The molecule has 25 heavy (non-hydrogen) atoms. The first-order valence-corrected chi connectivity index (χ1v) is 8.84. The van der Waals surface area contributed by atoms with Crippen molar-refractivity contribution < 1.29 is 30.0 Å². The van der Waals surface area contributed by atoms with Crippen molar-refractivity contribution in [3.63, 3.8) is 0 Å². The zero-order valence-corrected chi connectivity index (χ0v) is 14.8. The number of carboxylic acid groups (broad SMARTS) is 1. The Balaban J connectivity index is 2.21. The molecule has 6 heteroatoms. The number of aromatic hydroxyl groups is 3. The van der Waals surface area contributed by atoms with Crippen LogP contribution in [0, 0.1) is 6.92 Å². The van der Waals surface area contributed by atoms with Gasteiger partial charge in [-0.05, 0) is 25.8 Å². The number of Topliss-reactive ketones (excluding diaryl/α,β-unsaturated/α-hetero) is 1. The minimum absolute atomic E-state index is 0.0426. The van der Waals surface area contributed by atoms with Crippen molar-refractivity contribution in [1.29, 1.82) is 0 Å². The minimum Gasteiger partial charge on any atom is -0.508 e. The molecule has 140 valence electrons. The van der Waals surface area contributed by atoms with E-state index in [1.807, 2.05) is 0 Å². The Bertz CT molecular complexity index is 594. The van der Waals surface area contributed by atoms with Crippen molar-refractivity contribution in [2.75, 3.05) is 0 Å². The third-order valence-corrected chi connectivity index (χ3v) is 4.34. The van der Waals surface area contributed by atoms with Crippen molar-refractivity contribution in [1.82, 2.24) is 0 Å². The molecule has 1 aromatic carbocycles. The van der Waals surface area contributed by atoms with Crippen molar-refractivity contribution in [3.8, 4) is 17.2 Å². The smallest absolute Gasteiger partial charge is 0.303 e. The molecule has 6 nitrogen and oxygen atoms in total. The zero-order chi connectivity index (χ0) is 18.8. The van der Waals surface area contributed by atoms with Gasteiger partial charge < -0.3 is 20.4 Å². The van der Waals surface area contributed by atoms with E-state index in [-0.39, 0.29) is 35.5 Å². The fourth-order valence-electron chi connectivity index (χ4n) is 2.71. The van der Waals surface area contributed by atoms with Gasteiger partial charge in [0, 0.05) is 18.4 Å². The second-order valence-corrected chi connectivity index (χ2v) is 6.41. The highest BCUT2D eigenvalue weighted by Crippen LogP contribution is 2.38. The van der Waals surface area contributed by atoms with E-state index >= 15 is 0 Å². The molecule has 0 saturated carbocycles. The summed E-state index contributed by atoms with van der Waals surface area (Å²) < 4.78 is 0. The van der Waals surface area contributed by atoms with E-state index in [1.165, 1.54) is 13.0 Å². The number of hydrogen-bond acceptors (Lipinski definition) is 5. The van der Waals surface area contributed by atoms with Gasteiger partial charge in [0.1, 0.15) is 5.75 Å². The fraction of sp³-hybridized carbons (Fsp3) is 0.579. The topological polar surface area (TPSA) is 115 Å². The highest BCUT2D eigenvalue weighted by Gasteiger charge is 2.18. The predicted octanol–water partition coefficient (Wildman–Crippen LogP) is 4.28. The van der Waals surface area contributed by atoms with Crippen LogP contribution < -0.4 is 0 Å². The normalized spacial score (nSPS) is 10.8. The van der Waals surface area contributed by atoms with E-state index in [1.54, 1.807) is 0 Å². The molecule has 0 bridgehead atoms. The third-order valence-electron chi connectivity index (χ3n) is 4.34. The van der Waals surface area contributed by atoms with Crippen molar-refractivity contribution in [2.24, 2.45) is 0 Å². The number of ketones is 1. The molecule has 0 fully saturated rings. The van der Waals surface area contributed by atoms with Gasteiger partial charge in [-0.2, -0.15) is 0 Å². The van der Waals surface area contributed by atoms with Gasteiger partial charge in [0.05, 0.1) is 5.56 Å². The molecule has 0 spiro atoms. The van der Waals surface area contributed by atoms with Crippen LogP contribution in [0.3, 0.4) is 0 Å². The number of benzene rings is 1. The number of carboxylic acids is 1. The molecule has 0 unspecified atom stereocenters. The first-order chi connectivity index (χ1) is 11.8. The van der Waals surface area contributed by atoms with E-state index in [4.69, 9.17) is 5.11 Å². The van der Waals surface area contributed by atoms with Crippen LogP contribution in [0.25, 0.3) is 0 Å². The summed E-state index contributed by atoms with van der Waals surface area (Å²) in [4.78, 5) is 22.5. The summed E-state index contributed by atoms with van der Waals surface area (Å²) in [5.74, 6) is -2.17. The molecule has 0 radical (unpaired) electrons. The Labute approximate surface area is 148 Å². The Hall–Kier alpha value is -2.24. The monoisotopic (exact) mass is 352 g/mol. The van der Waals surface area contributed by atoms with Gasteiger partial charge in [0.2, 0.25) is 0 Å². The Morgan fingerprint density at radius 2 is 1.28 bits per heavy atom. The predicted molar refractivity (Wildman–Crippen MR) is 94.3 cm³/mol. The van der Waals surface area contributed by atoms with E-state index in [0.29, 0.717) is 6.42 Å². The first kappa shape index (κ1) is 20.8. The number of unbranched alkanes of at least 4 members (excludes halogenated alkanes) is 7. The van der Waals surface area contributed by atoms with Crippen LogP contribution in [-0.2, 0) is 4.79 Å². The second kappa shape index (κ2) is 10.6. The largest absolute Gasteiger partial charge is 0.508 e. The lowest BCUT2D eigenvalue weighted by atomic mass is 10.00. The number of carbonyl (C=O) groups excluding carboxylic acids is 1. The summed E-state index contributed by atoms with van der Waals surface area (Å²) in [6.45, 7) is 1.46. The SMILES string of the molecule is Cc1c(O)cc(C(=O)CCCCCCCCCCC(=O)O)c(O)c1O. The molecule has 4 N–H and O–H groups in total. The van der Waals surface area contributed by atoms with Crippen molar-refractivity contribution >= 4 is 11.8 Å². The molecule has 0 aromatic heterocycles.